The fourth-order valence-corrected chi connectivity index (χ4v) is 5.38. The number of fused-ring (bicyclic) bond motifs is 6. The van der Waals surface area contributed by atoms with E-state index in [1.807, 2.05) is 42.5 Å². The molecule has 36 heavy (non-hydrogen) atoms. The largest absolute Gasteiger partial charge is 0.309 e. The predicted molar refractivity (Wildman–Crippen MR) is 145 cm³/mol. The first-order chi connectivity index (χ1) is 17.8. The second kappa shape index (κ2) is 7.60. The molecule has 2 heterocycles. The summed E-state index contributed by atoms with van der Waals surface area (Å²) < 4.78 is 4.51. The first-order valence-corrected chi connectivity index (χ1v) is 11.7. The number of nitrogens with zero attached hydrogens (tertiary/aromatic N) is 4. The maximum absolute atomic E-state index is 9.60. The first-order valence-electron chi connectivity index (χ1n) is 11.7. The van der Waals surface area contributed by atoms with Crippen molar-refractivity contribution in [3.63, 3.8) is 0 Å². The standard InChI is InChI=1S/C32H18N4/c33-19-21-9-12-23(13-10-21)35-31-15-11-22(20-34)17-27(31)28-18-24(14-16-32(28)35)36-29-7-3-1-5-25(29)26-6-2-4-8-30(26)36/h1-18H. The van der Waals surface area contributed by atoms with Crippen molar-refractivity contribution in [2.75, 3.05) is 0 Å². The van der Waals surface area contributed by atoms with Gasteiger partial charge in [0.15, 0.2) is 0 Å². The van der Waals surface area contributed by atoms with Gasteiger partial charge in [0, 0.05) is 32.9 Å². The molecule has 0 aliphatic carbocycles. The van der Waals surface area contributed by atoms with Crippen LogP contribution < -0.4 is 0 Å². The maximum Gasteiger partial charge on any atom is 0.0991 e. The van der Waals surface area contributed by atoms with Crippen molar-refractivity contribution in [2.24, 2.45) is 0 Å². The fourth-order valence-electron chi connectivity index (χ4n) is 5.38. The van der Waals surface area contributed by atoms with Crippen molar-refractivity contribution in [3.05, 3.63) is 120 Å². The smallest absolute Gasteiger partial charge is 0.0991 e. The zero-order valence-electron chi connectivity index (χ0n) is 19.2. The van der Waals surface area contributed by atoms with E-state index in [1.54, 1.807) is 0 Å². The van der Waals surface area contributed by atoms with Crippen LogP contribution in [0.1, 0.15) is 11.1 Å². The average Bonchev–Trinajstić information content (AvgIpc) is 3.45. The summed E-state index contributed by atoms with van der Waals surface area (Å²) >= 11 is 0. The van der Waals surface area contributed by atoms with Gasteiger partial charge in [-0.1, -0.05) is 36.4 Å². The van der Waals surface area contributed by atoms with E-state index in [0.717, 1.165) is 44.2 Å². The van der Waals surface area contributed by atoms with Crippen LogP contribution in [0.15, 0.2) is 109 Å². The van der Waals surface area contributed by atoms with Gasteiger partial charge in [-0.25, -0.2) is 0 Å². The van der Waals surface area contributed by atoms with Crippen LogP contribution in [0.5, 0.6) is 0 Å². The Morgan fingerprint density at radius 1 is 0.417 bits per heavy atom. The van der Waals surface area contributed by atoms with Crippen LogP contribution in [-0.2, 0) is 0 Å². The molecule has 0 N–H and O–H groups in total. The molecule has 2 aromatic heterocycles. The van der Waals surface area contributed by atoms with Crippen molar-refractivity contribution >= 4 is 43.6 Å². The molecule has 0 spiro atoms. The van der Waals surface area contributed by atoms with Crippen molar-refractivity contribution in [1.82, 2.24) is 9.13 Å². The molecule has 0 unspecified atom stereocenters. The van der Waals surface area contributed by atoms with Gasteiger partial charge in [-0.2, -0.15) is 10.5 Å². The van der Waals surface area contributed by atoms with Crippen LogP contribution in [-0.4, -0.2) is 9.13 Å². The highest BCUT2D eigenvalue weighted by Gasteiger charge is 2.16. The van der Waals surface area contributed by atoms with Crippen LogP contribution in [0.3, 0.4) is 0 Å². The quantitative estimate of drug-likeness (QED) is 0.267. The van der Waals surface area contributed by atoms with E-state index < -0.39 is 0 Å². The van der Waals surface area contributed by atoms with Gasteiger partial charge in [-0.15, -0.1) is 0 Å². The summed E-state index contributed by atoms with van der Waals surface area (Å²) in [5.41, 5.74) is 7.69. The van der Waals surface area contributed by atoms with Gasteiger partial charge in [0.1, 0.15) is 0 Å². The van der Waals surface area contributed by atoms with Crippen LogP contribution in [0.25, 0.3) is 55.0 Å². The molecule has 166 valence electrons. The third kappa shape index (κ3) is 2.79. The van der Waals surface area contributed by atoms with Crippen LogP contribution in [0.2, 0.25) is 0 Å². The van der Waals surface area contributed by atoms with E-state index in [9.17, 15) is 10.5 Å². The highest BCUT2D eigenvalue weighted by Crippen LogP contribution is 2.37. The van der Waals surface area contributed by atoms with Gasteiger partial charge in [-0.3, -0.25) is 0 Å². The van der Waals surface area contributed by atoms with Crippen molar-refractivity contribution in [3.8, 4) is 23.5 Å². The zero-order chi connectivity index (χ0) is 24.2. The second-order valence-electron chi connectivity index (χ2n) is 8.91. The number of nitriles is 2. The van der Waals surface area contributed by atoms with Crippen molar-refractivity contribution in [1.29, 1.82) is 10.5 Å². The van der Waals surface area contributed by atoms with E-state index >= 15 is 0 Å². The number of benzene rings is 5. The third-order valence-corrected chi connectivity index (χ3v) is 6.97. The summed E-state index contributed by atoms with van der Waals surface area (Å²) in [5, 5.41) is 23.4. The number of aromatic nitrogens is 2. The molecule has 4 nitrogen and oxygen atoms in total. The highest BCUT2D eigenvalue weighted by atomic mass is 15.0. The summed E-state index contributed by atoms with van der Waals surface area (Å²) in [6.07, 6.45) is 0. The Hall–Kier alpha value is -5.32. The molecule has 0 saturated carbocycles. The van der Waals surface area contributed by atoms with E-state index in [-0.39, 0.29) is 0 Å². The molecule has 0 aliphatic rings. The minimum absolute atomic E-state index is 0.625. The zero-order valence-corrected chi connectivity index (χ0v) is 19.2. The molecule has 5 aromatic carbocycles. The average molecular weight is 459 g/mol. The van der Waals surface area contributed by atoms with Gasteiger partial charge < -0.3 is 9.13 Å². The topological polar surface area (TPSA) is 57.4 Å². The lowest BCUT2D eigenvalue weighted by Crippen LogP contribution is -1.96. The van der Waals surface area contributed by atoms with Crippen LogP contribution in [0.4, 0.5) is 0 Å². The minimum Gasteiger partial charge on any atom is -0.309 e. The van der Waals surface area contributed by atoms with Gasteiger partial charge >= 0.3 is 0 Å². The highest BCUT2D eigenvalue weighted by molar-refractivity contribution is 6.12. The number of hydrogen-bond acceptors (Lipinski definition) is 2. The fraction of sp³-hybridized carbons (Fsp3) is 0. The SMILES string of the molecule is N#Cc1ccc(-n2c3ccc(C#N)cc3c3cc(-n4c5ccccc5c5ccccc54)ccc32)cc1. The van der Waals surface area contributed by atoms with Crippen molar-refractivity contribution < 1.29 is 0 Å². The third-order valence-electron chi connectivity index (χ3n) is 6.97. The monoisotopic (exact) mass is 458 g/mol. The Kier molecular flexibility index (Phi) is 4.24. The summed E-state index contributed by atoms with van der Waals surface area (Å²) in [7, 11) is 0. The molecule has 0 aliphatic heterocycles. The number of hydrogen-bond donors (Lipinski definition) is 0. The Labute approximate surface area is 207 Å². The van der Waals surface area contributed by atoms with Crippen molar-refractivity contribution in [2.45, 2.75) is 0 Å². The summed E-state index contributed by atoms with van der Waals surface area (Å²) in [6.45, 7) is 0. The lowest BCUT2D eigenvalue weighted by atomic mass is 10.1. The molecule has 0 saturated heterocycles. The van der Waals surface area contributed by atoms with Crippen LogP contribution >= 0.6 is 0 Å². The number of rotatable bonds is 2. The van der Waals surface area contributed by atoms with Crippen LogP contribution in [0, 0.1) is 22.7 Å². The molecule has 4 heteroatoms. The Morgan fingerprint density at radius 2 is 0.889 bits per heavy atom. The Bertz CT molecular complexity index is 2010. The lowest BCUT2D eigenvalue weighted by molar-refractivity contribution is 1.16. The van der Waals surface area contributed by atoms with Gasteiger partial charge in [0.2, 0.25) is 0 Å². The molecule has 0 fully saturated rings. The van der Waals surface area contributed by atoms with E-state index in [1.165, 1.54) is 10.8 Å². The molecule has 0 atom stereocenters. The molecule has 0 bridgehead atoms. The normalized spacial score (nSPS) is 11.3. The predicted octanol–water partition coefficient (Wildman–Crippen LogP) is 7.62. The van der Waals surface area contributed by atoms with Gasteiger partial charge in [0.25, 0.3) is 0 Å². The summed E-state index contributed by atoms with van der Waals surface area (Å²) in [5.74, 6) is 0. The van der Waals surface area contributed by atoms with E-state index in [2.05, 4.69) is 88.0 Å². The molecule has 7 aromatic rings. The molecule has 0 amide bonds. The summed E-state index contributed by atoms with van der Waals surface area (Å²) in [4.78, 5) is 0. The second-order valence-corrected chi connectivity index (χ2v) is 8.91. The van der Waals surface area contributed by atoms with E-state index in [4.69, 9.17) is 0 Å². The molecule has 0 radical (unpaired) electrons. The molecular formula is C32H18N4. The molecular weight excluding hydrogens is 440 g/mol. The lowest BCUT2D eigenvalue weighted by Gasteiger charge is -2.10. The molecule has 7 rings (SSSR count). The van der Waals surface area contributed by atoms with Gasteiger partial charge in [0.05, 0.1) is 45.3 Å². The van der Waals surface area contributed by atoms with Gasteiger partial charge in [-0.05, 0) is 72.8 Å². The Morgan fingerprint density at radius 3 is 1.53 bits per heavy atom. The summed E-state index contributed by atoms with van der Waals surface area (Å²) in [6, 6.07) is 41.4. The first kappa shape index (κ1) is 20.1. The van der Waals surface area contributed by atoms with E-state index in [0.29, 0.717) is 11.1 Å². The minimum atomic E-state index is 0.625. The number of para-hydroxylation sites is 2. The maximum atomic E-state index is 9.60. The Balaban J connectivity index is 1.57.